The van der Waals surface area contributed by atoms with Crippen molar-refractivity contribution in [2.45, 2.75) is 24.2 Å². The Morgan fingerprint density at radius 2 is 1.78 bits per heavy atom. The van der Waals surface area contributed by atoms with Gasteiger partial charge in [-0.15, -0.1) is 0 Å². The first-order valence-corrected chi connectivity index (χ1v) is 7.49. The Labute approximate surface area is 108 Å². The summed E-state index contributed by atoms with van der Waals surface area (Å²) in [4.78, 5) is 4.86. The summed E-state index contributed by atoms with van der Waals surface area (Å²) in [7, 11) is -3.30. The lowest BCUT2D eigenvalue weighted by Crippen LogP contribution is -2.27. The van der Waals surface area contributed by atoms with E-state index in [1.807, 2.05) is 12.1 Å². The lowest BCUT2D eigenvalue weighted by molar-refractivity contribution is 0.141. The maximum absolute atomic E-state index is 12.2. The predicted molar refractivity (Wildman–Crippen MR) is 68.3 cm³/mol. The van der Waals surface area contributed by atoms with Gasteiger partial charge in [0.2, 0.25) is 10.0 Å². The molecule has 0 aliphatic carbocycles. The SMILES string of the molecule is NOCCc1ccc(S(=O)(=O)N2CCCC2)cc1. The molecule has 0 atom stereocenters. The molecule has 0 radical (unpaired) electrons. The van der Waals surface area contributed by atoms with Crippen molar-refractivity contribution >= 4 is 10.0 Å². The lowest BCUT2D eigenvalue weighted by atomic mass is 10.2. The van der Waals surface area contributed by atoms with Crippen molar-refractivity contribution in [1.82, 2.24) is 4.31 Å². The smallest absolute Gasteiger partial charge is 0.243 e. The van der Waals surface area contributed by atoms with Crippen LogP contribution in [0.2, 0.25) is 0 Å². The third kappa shape index (κ3) is 2.89. The Kier molecular flexibility index (Phi) is 4.34. The average molecular weight is 270 g/mol. The van der Waals surface area contributed by atoms with Crippen LogP contribution in [0.5, 0.6) is 0 Å². The maximum Gasteiger partial charge on any atom is 0.243 e. The molecule has 18 heavy (non-hydrogen) atoms. The van der Waals surface area contributed by atoms with Gasteiger partial charge in [-0.1, -0.05) is 12.1 Å². The molecule has 2 N–H and O–H groups in total. The summed E-state index contributed by atoms with van der Waals surface area (Å²) in [5.74, 6) is 4.96. The van der Waals surface area contributed by atoms with Crippen molar-refractivity contribution in [2.24, 2.45) is 5.90 Å². The summed E-state index contributed by atoms with van der Waals surface area (Å²) >= 11 is 0. The van der Waals surface area contributed by atoms with E-state index in [0.29, 0.717) is 31.0 Å². The Bertz CT molecular complexity index is 479. The molecule has 1 heterocycles. The van der Waals surface area contributed by atoms with E-state index < -0.39 is 10.0 Å². The van der Waals surface area contributed by atoms with Crippen LogP contribution in [0.25, 0.3) is 0 Å². The molecule has 0 bridgehead atoms. The van der Waals surface area contributed by atoms with Crippen molar-refractivity contribution < 1.29 is 13.3 Å². The highest BCUT2D eigenvalue weighted by molar-refractivity contribution is 7.89. The molecular formula is C12H18N2O3S. The third-order valence-corrected chi connectivity index (χ3v) is 5.05. The van der Waals surface area contributed by atoms with Crippen LogP contribution in [-0.4, -0.2) is 32.4 Å². The van der Waals surface area contributed by atoms with Gasteiger partial charge >= 0.3 is 0 Å². The van der Waals surface area contributed by atoms with Gasteiger partial charge in [-0.2, -0.15) is 4.31 Å². The number of hydrogen-bond acceptors (Lipinski definition) is 4. The van der Waals surface area contributed by atoms with Gasteiger partial charge in [0.25, 0.3) is 0 Å². The Morgan fingerprint density at radius 3 is 2.33 bits per heavy atom. The highest BCUT2D eigenvalue weighted by Gasteiger charge is 2.26. The van der Waals surface area contributed by atoms with Crippen LogP contribution in [0.15, 0.2) is 29.2 Å². The summed E-state index contributed by atoms with van der Waals surface area (Å²) in [6.07, 6.45) is 2.58. The van der Waals surface area contributed by atoms with Crippen LogP contribution >= 0.6 is 0 Å². The van der Waals surface area contributed by atoms with Crippen molar-refractivity contribution in [3.05, 3.63) is 29.8 Å². The molecule has 1 aromatic carbocycles. The zero-order valence-corrected chi connectivity index (χ0v) is 11.0. The van der Waals surface area contributed by atoms with E-state index in [1.165, 1.54) is 0 Å². The number of rotatable bonds is 5. The standard InChI is InChI=1S/C12H18N2O3S/c13-17-10-7-11-3-5-12(6-4-11)18(15,16)14-8-1-2-9-14/h3-6H,1-2,7-10,13H2. The van der Waals surface area contributed by atoms with Crippen LogP contribution < -0.4 is 5.90 Å². The largest absolute Gasteiger partial charge is 0.304 e. The molecule has 0 saturated carbocycles. The summed E-state index contributed by atoms with van der Waals surface area (Å²) in [5.41, 5.74) is 1.01. The van der Waals surface area contributed by atoms with E-state index in [2.05, 4.69) is 4.84 Å². The van der Waals surface area contributed by atoms with Gasteiger partial charge in [0, 0.05) is 13.1 Å². The van der Waals surface area contributed by atoms with E-state index in [-0.39, 0.29) is 0 Å². The number of nitrogens with zero attached hydrogens (tertiary/aromatic N) is 1. The first kappa shape index (κ1) is 13.5. The average Bonchev–Trinajstić information content (AvgIpc) is 2.91. The molecule has 1 fully saturated rings. The van der Waals surface area contributed by atoms with E-state index in [0.717, 1.165) is 18.4 Å². The predicted octanol–water partition coefficient (Wildman–Crippen LogP) is 0.904. The second-order valence-corrected chi connectivity index (χ2v) is 6.31. The molecule has 1 aliphatic rings. The molecule has 2 rings (SSSR count). The monoisotopic (exact) mass is 270 g/mol. The summed E-state index contributed by atoms with van der Waals surface area (Å²) < 4.78 is 26.0. The highest BCUT2D eigenvalue weighted by atomic mass is 32.2. The molecule has 0 unspecified atom stereocenters. The topological polar surface area (TPSA) is 72.6 Å². The normalized spacial score (nSPS) is 17.2. The molecule has 0 aromatic heterocycles. The van der Waals surface area contributed by atoms with Gasteiger partial charge in [-0.3, -0.25) is 0 Å². The van der Waals surface area contributed by atoms with Gasteiger partial charge in [0.15, 0.2) is 0 Å². The second kappa shape index (κ2) is 5.79. The second-order valence-electron chi connectivity index (χ2n) is 4.38. The van der Waals surface area contributed by atoms with Crippen LogP contribution in [-0.2, 0) is 21.3 Å². The first-order valence-electron chi connectivity index (χ1n) is 6.05. The summed E-state index contributed by atoms with van der Waals surface area (Å²) in [6.45, 7) is 1.69. The zero-order chi connectivity index (χ0) is 13.0. The molecule has 1 aliphatic heterocycles. The maximum atomic E-state index is 12.2. The van der Waals surface area contributed by atoms with Crippen molar-refractivity contribution in [3.8, 4) is 0 Å². The number of sulfonamides is 1. The highest BCUT2D eigenvalue weighted by Crippen LogP contribution is 2.21. The molecule has 0 amide bonds. The minimum Gasteiger partial charge on any atom is -0.304 e. The minimum atomic E-state index is -3.30. The van der Waals surface area contributed by atoms with Gasteiger partial charge in [0.05, 0.1) is 11.5 Å². The van der Waals surface area contributed by atoms with Crippen molar-refractivity contribution in [2.75, 3.05) is 19.7 Å². The van der Waals surface area contributed by atoms with Crippen LogP contribution in [0.4, 0.5) is 0 Å². The molecular weight excluding hydrogens is 252 g/mol. The molecule has 0 spiro atoms. The summed E-state index contributed by atoms with van der Waals surface area (Å²) in [6, 6.07) is 6.92. The van der Waals surface area contributed by atoms with Gasteiger partial charge in [0.1, 0.15) is 0 Å². The van der Waals surface area contributed by atoms with Crippen molar-refractivity contribution in [1.29, 1.82) is 0 Å². The number of benzene rings is 1. The van der Waals surface area contributed by atoms with Gasteiger partial charge in [-0.05, 0) is 37.0 Å². The zero-order valence-electron chi connectivity index (χ0n) is 10.2. The Morgan fingerprint density at radius 1 is 1.17 bits per heavy atom. The van der Waals surface area contributed by atoms with Crippen LogP contribution in [0.1, 0.15) is 18.4 Å². The molecule has 1 saturated heterocycles. The fourth-order valence-corrected chi connectivity index (χ4v) is 3.60. The quantitative estimate of drug-likeness (QED) is 0.807. The van der Waals surface area contributed by atoms with E-state index >= 15 is 0 Å². The summed E-state index contributed by atoms with van der Waals surface area (Å²) in [5, 5.41) is 0. The fraction of sp³-hybridized carbons (Fsp3) is 0.500. The van der Waals surface area contributed by atoms with Gasteiger partial charge in [-0.25, -0.2) is 14.3 Å². The van der Waals surface area contributed by atoms with E-state index in [1.54, 1.807) is 16.4 Å². The van der Waals surface area contributed by atoms with E-state index in [4.69, 9.17) is 5.90 Å². The Balaban J connectivity index is 2.13. The molecule has 5 nitrogen and oxygen atoms in total. The Hall–Kier alpha value is -0.950. The first-order chi connectivity index (χ1) is 8.64. The van der Waals surface area contributed by atoms with Gasteiger partial charge < -0.3 is 4.84 Å². The van der Waals surface area contributed by atoms with Crippen LogP contribution in [0, 0.1) is 0 Å². The lowest BCUT2D eigenvalue weighted by Gasteiger charge is -2.15. The van der Waals surface area contributed by atoms with E-state index in [9.17, 15) is 8.42 Å². The number of nitrogens with two attached hydrogens (primary N) is 1. The fourth-order valence-electron chi connectivity index (χ4n) is 2.08. The minimum absolute atomic E-state index is 0.363. The van der Waals surface area contributed by atoms with Crippen LogP contribution in [0.3, 0.4) is 0 Å². The molecule has 6 heteroatoms. The molecule has 100 valence electrons. The third-order valence-electron chi connectivity index (χ3n) is 3.13. The van der Waals surface area contributed by atoms with Crippen molar-refractivity contribution in [3.63, 3.8) is 0 Å². The molecule has 1 aromatic rings. The number of hydrogen-bond donors (Lipinski definition) is 1.